The third kappa shape index (κ3) is 5.43. The second-order valence-corrected chi connectivity index (χ2v) is 9.91. The van der Waals surface area contributed by atoms with Gasteiger partial charge in [-0.15, -0.1) is 0 Å². The molecule has 190 valence electrons. The molecule has 2 aliphatic heterocycles. The molecule has 0 bridgehead atoms. The molecule has 2 saturated heterocycles. The summed E-state index contributed by atoms with van der Waals surface area (Å²) < 4.78 is 13.6. The van der Waals surface area contributed by atoms with E-state index >= 15 is 0 Å². The molecule has 2 fully saturated rings. The van der Waals surface area contributed by atoms with E-state index < -0.39 is 17.8 Å². The standard InChI is InChI=1S/C29H27ClFN3O3/c30-22-8-12-24(13-9-22)34-27(35)18-26(29(34)37)33(28(36)21-6-10-23(31)11-7-21)25-14-16-32(17-15-25)19-20-4-2-1-3-5-20/h1-13,25-26H,14-19H2. The van der Waals surface area contributed by atoms with Gasteiger partial charge in [-0.2, -0.15) is 0 Å². The number of carbonyl (C=O) groups excluding carboxylic acids is 3. The lowest BCUT2D eigenvalue weighted by molar-refractivity contribution is -0.123. The van der Waals surface area contributed by atoms with Crippen LogP contribution in [0.4, 0.5) is 10.1 Å². The van der Waals surface area contributed by atoms with Crippen molar-refractivity contribution in [2.24, 2.45) is 0 Å². The number of anilines is 1. The number of hydrogen-bond donors (Lipinski definition) is 0. The van der Waals surface area contributed by atoms with Gasteiger partial charge in [-0.25, -0.2) is 9.29 Å². The average molecular weight is 520 g/mol. The third-order valence-corrected chi connectivity index (χ3v) is 7.32. The topological polar surface area (TPSA) is 60.9 Å². The molecular weight excluding hydrogens is 493 g/mol. The van der Waals surface area contributed by atoms with Crippen LogP contribution in [0, 0.1) is 5.82 Å². The Labute approximate surface area is 220 Å². The molecule has 6 nitrogen and oxygen atoms in total. The SMILES string of the molecule is O=C1CC(N(C(=O)c2ccc(F)cc2)C2CCN(Cc3ccccc3)CC2)C(=O)N1c1ccc(Cl)cc1. The molecule has 3 amide bonds. The first-order valence-corrected chi connectivity index (χ1v) is 12.8. The maximum Gasteiger partial charge on any atom is 0.257 e. The lowest BCUT2D eigenvalue weighted by Gasteiger charge is -2.40. The van der Waals surface area contributed by atoms with Crippen molar-refractivity contribution in [2.45, 2.75) is 37.9 Å². The van der Waals surface area contributed by atoms with Crippen molar-refractivity contribution >= 4 is 35.0 Å². The number of nitrogens with zero attached hydrogens (tertiary/aromatic N) is 3. The number of piperidine rings is 1. The van der Waals surface area contributed by atoms with E-state index in [0.29, 0.717) is 29.1 Å². The van der Waals surface area contributed by atoms with Gasteiger partial charge in [-0.1, -0.05) is 41.9 Å². The number of likely N-dealkylation sites (tertiary alicyclic amines) is 1. The molecule has 5 rings (SSSR count). The molecule has 2 heterocycles. The Kier molecular flexibility index (Phi) is 7.35. The number of halogens is 2. The van der Waals surface area contributed by atoms with E-state index in [4.69, 9.17) is 11.6 Å². The summed E-state index contributed by atoms with van der Waals surface area (Å²) >= 11 is 5.98. The number of imide groups is 1. The quantitative estimate of drug-likeness (QED) is 0.434. The zero-order valence-corrected chi connectivity index (χ0v) is 21.0. The van der Waals surface area contributed by atoms with Crippen molar-refractivity contribution < 1.29 is 18.8 Å². The van der Waals surface area contributed by atoms with Crippen molar-refractivity contribution in [2.75, 3.05) is 18.0 Å². The van der Waals surface area contributed by atoms with Gasteiger partial charge in [0.15, 0.2) is 0 Å². The van der Waals surface area contributed by atoms with Crippen LogP contribution in [0.2, 0.25) is 5.02 Å². The fourth-order valence-electron chi connectivity index (χ4n) is 5.20. The van der Waals surface area contributed by atoms with E-state index in [0.717, 1.165) is 24.5 Å². The summed E-state index contributed by atoms with van der Waals surface area (Å²) in [6.45, 7) is 2.32. The van der Waals surface area contributed by atoms with Gasteiger partial charge in [0.25, 0.3) is 11.8 Å². The predicted molar refractivity (Wildman–Crippen MR) is 140 cm³/mol. The summed E-state index contributed by atoms with van der Waals surface area (Å²) in [5.74, 6) is -1.62. The van der Waals surface area contributed by atoms with Crippen LogP contribution >= 0.6 is 11.6 Å². The van der Waals surface area contributed by atoms with Gasteiger partial charge >= 0.3 is 0 Å². The molecule has 1 unspecified atom stereocenters. The van der Waals surface area contributed by atoms with Crippen LogP contribution in [0.15, 0.2) is 78.9 Å². The minimum absolute atomic E-state index is 0.0986. The Hall–Kier alpha value is -3.55. The van der Waals surface area contributed by atoms with Crippen LogP contribution in [0.3, 0.4) is 0 Å². The van der Waals surface area contributed by atoms with Gasteiger partial charge in [0.1, 0.15) is 11.9 Å². The van der Waals surface area contributed by atoms with E-state index in [1.54, 1.807) is 29.2 Å². The molecule has 0 saturated carbocycles. The summed E-state index contributed by atoms with van der Waals surface area (Å²) in [6.07, 6.45) is 1.23. The highest BCUT2D eigenvalue weighted by molar-refractivity contribution is 6.31. The van der Waals surface area contributed by atoms with Crippen molar-refractivity contribution in [1.29, 1.82) is 0 Å². The molecule has 3 aromatic rings. The summed E-state index contributed by atoms with van der Waals surface area (Å²) in [6, 6.07) is 20.8. The van der Waals surface area contributed by atoms with Crippen molar-refractivity contribution in [1.82, 2.24) is 9.80 Å². The number of benzene rings is 3. The fourth-order valence-corrected chi connectivity index (χ4v) is 5.32. The first-order chi connectivity index (χ1) is 17.9. The summed E-state index contributed by atoms with van der Waals surface area (Å²) in [7, 11) is 0. The summed E-state index contributed by atoms with van der Waals surface area (Å²) in [4.78, 5) is 45.4. The highest BCUT2D eigenvalue weighted by Crippen LogP contribution is 2.31. The highest BCUT2D eigenvalue weighted by atomic mass is 35.5. The lowest BCUT2D eigenvalue weighted by atomic mass is 9.98. The Bertz CT molecular complexity index is 1280. The molecule has 8 heteroatoms. The highest BCUT2D eigenvalue weighted by Gasteiger charge is 2.47. The van der Waals surface area contributed by atoms with Gasteiger partial charge in [0.2, 0.25) is 5.91 Å². The number of rotatable bonds is 6. The minimum atomic E-state index is -0.925. The molecule has 0 aromatic heterocycles. The fraction of sp³-hybridized carbons (Fsp3) is 0.276. The van der Waals surface area contributed by atoms with E-state index in [9.17, 15) is 18.8 Å². The number of hydrogen-bond acceptors (Lipinski definition) is 4. The Balaban J connectivity index is 1.39. The molecule has 0 aliphatic carbocycles. The number of carbonyl (C=O) groups is 3. The third-order valence-electron chi connectivity index (χ3n) is 7.07. The van der Waals surface area contributed by atoms with Crippen LogP contribution in [-0.4, -0.2) is 52.7 Å². The lowest BCUT2D eigenvalue weighted by Crippen LogP contribution is -2.54. The maximum atomic E-state index is 13.7. The van der Waals surface area contributed by atoms with E-state index in [2.05, 4.69) is 17.0 Å². The first-order valence-electron chi connectivity index (χ1n) is 12.4. The second-order valence-electron chi connectivity index (χ2n) is 9.48. The van der Waals surface area contributed by atoms with Crippen molar-refractivity contribution in [3.8, 4) is 0 Å². The molecule has 0 N–H and O–H groups in total. The zero-order valence-electron chi connectivity index (χ0n) is 20.2. The van der Waals surface area contributed by atoms with Crippen LogP contribution in [0.1, 0.15) is 35.2 Å². The van der Waals surface area contributed by atoms with E-state index in [1.165, 1.54) is 29.8 Å². The number of amides is 3. The molecule has 3 aromatic carbocycles. The predicted octanol–water partition coefficient (Wildman–Crippen LogP) is 4.92. The largest absolute Gasteiger partial charge is 0.323 e. The van der Waals surface area contributed by atoms with Gasteiger partial charge in [0.05, 0.1) is 12.1 Å². The average Bonchev–Trinajstić information content (AvgIpc) is 3.20. The summed E-state index contributed by atoms with van der Waals surface area (Å²) in [5, 5.41) is 0.495. The first kappa shape index (κ1) is 25.1. The smallest absolute Gasteiger partial charge is 0.257 e. The van der Waals surface area contributed by atoms with E-state index in [-0.39, 0.29) is 24.3 Å². The monoisotopic (exact) mass is 519 g/mol. The van der Waals surface area contributed by atoms with Crippen LogP contribution in [0.5, 0.6) is 0 Å². The molecule has 0 spiro atoms. The molecule has 2 aliphatic rings. The molecule has 1 atom stereocenters. The van der Waals surface area contributed by atoms with Crippen LogP contribution < -0.4 is 4.90 Å². The minimum Gasteiger partial charge on any atom is -0.323 e. The Morgan fingerprint density at radius 3 is 2.22 bits per heavy atom. The summed E-state index contributed by atoms with van der Waals surface area (Å²) in [5.41, 5.74) is 1.93. The molecular formula is C29H27ClFN3O3. The molecule has 0 radical (unpaired) electrons. The van der Waals surface area contributed by atoms with Gasteiger partial charge in [-0.05, 0) is 66.9 Å². The zero-order chi connectivity index (χ0) is 25.9. The van der Waals surface area contributed by atoms with Crippen LogP contribution in [-0.2, 0) is 16.1 Å². The van der Waals surface area contributed by atoms with Crippen LogP contribution in [0.25, 0.3) is 0 Å². The Morgan fingerprint density at radius 1 is 0.919 bits per heavy atom. The van der Waals surface area contributed by atoms with E-state index in [1.807, 2.05) is 18.2 Å². The van der Waals surface area contributed by atoms with Crippen molar-refractivity contribution in [3.63, 3.8) is 0 Å². The maximum absolute atomic E-state index is 13.7. The van der Waals surface area contributed by atoms with Gasteiger partial charge in [0, 0.05) is 36.3 Å². The Morgan fingerprint density at radius 2 is 1.57 bits per heavy atom. The van der Waals surface area contributed by atoms with Crippen molar-refractivity contribution in [3.05, 3.63) is 101 Å². The second kappa shape index (κ2) is 10.8. The van der Waals surface area contributed by atoms with Gasteiger partial charge < -0.3 is 4.90 Å². The molecule has 37 heavy (non-hydrogen) atoms. The normalized spacial score (nSPS) is 18.9. The van der Waals surface area contributed by atoms with Gasteiger partial charge in [-0.3, -0.25) is 19.3 Å².